The third-order valence-corrected chi connectivity index (χ3v) is 2.85. The number of carbonyl (C=O) groups excluding carboxylic acids is 1. The van der Waals surface area contributed by atoms with Gasteiger partial charge in [-0.3, -0.25) is 4.79 Å². The Labute approximate surface area is 87.8 Å². The van der Waals surface area contributed by atoms with Gasteiger partial charge >= 0.3 is 0 Å². The lowest BCUT2D eigenvalue weighted by Gasteiger charge is -2.18. The number of nitrogens with two attached hydrogens (primary N) is 1. The molecule has 1 aromatic rings. The molecule has 2 N–H and O–H groups in total. The highest BCUT2D eigenvalue weighted by atomic mass is 32.1. The molecule has 0 spiro atoms. The van der Waals surface area contributed by atoms with Gasteiger partial charge in [-0.15, -0.1) is 17.9 Å². The van der Waals surface area contributed by atoms with Crippen molar-refractivity contribution in [2.24, 2.45) is 5.73 Å². The number of hydrogen-bond donors (Lipinski definition) is 1. The van der Waals surface area contributed by atoms with Crippen molar-refractivity contribution in [3.05, 3.63) is 35.0 Å². The van der Waals surface area contributed by atoms with Gasteiger partial charge in [0.15, 0.2) is 0 Å². The maximum atomic E-state index is 11.7. The highest BCUT2D eigenvalue weighted by Crippen LogP contribution is 2.18. The van der Waals surface area contributed by atoms with Crippen LogP contribution in [0.1, 0.15) is 10.9 Å². The largest absolute Gasteiger partial charge is 0.340 e. The summed E-state index contributed by atoms with van der Waals surface area (Å²) >= 11 is 1.50. The van der Waals surface area contributed by atoms with Crippen LogP contribution in [-0.4, -0.2) is 24.4 Å². The minimum Gasteiger partial charge on any atom is -0.340 e. The van der Waals surface area contributed by atoms with Crippen LogP contribution in [0.2, 0.25) is 0 Å². The van der Waals surface area contributed by atoms with Crippen LogP contribution in [0.4, 0.5) is 0 Å². The molecule has 0 saturated carbocycles. The SMILES string of the molecule is C=CCN(C)C(=O)C(N)c1cccs1. The van der Waals surface area contributed by atoms with Crippen LogP contribution in [0.3, 0.4) is 0 Å². The predicted octanol–water partition coefficient (Wildman–Crippen LogP) is 1.39. The van der Waals surface area contributed by atoms with Gasteiger partial charge in [0.1, 0.15) is 6.04 Å². The van der Waals surface area contributed by atoms with Crippen LogP contribution in [-0.2, 0) is 4.79 Å². The van der Waals surface area contributed by atoms with E-state index in [9.17, 15) is 4.79 Å². The Morgan fingerprint density at radius 1 is 1.86 bits per heavy atom. The lowest BCUT2D eigenvalue weighted by atomic mass is 10.2. The van der Waals surface area contributed by atoms with Crippen LogP contribution in [0.25, 0.3) is 0 Å². The molecule has 1 rings (SSSR count). The first kappa shape index (κ1) is 10.9. The second-order valence-corrected chi connectivity index (χ2v) is 3.98. The van der Waals surface area contributed by atoms with Crippen molar-refractivity contribution >= 4 is 17.2 Å². The van der Waals surface area contributed by atoms with Crippen molar-refractivity contribution in [1.82, 2.24) is 4.90 Å². The molecule has 0 aliphatic carbocycles. The molecule has 76 valence electrons. The lowest BCUT2D eigenvalue weighted by molar-refractivity contribution is -0.130. The fourth-order valence-electron chi connectivity index (χ4n) is 1.11. The van der Waals surface area contributed by atoms with E-state index >= 15 is 0 Å². The van der Waals surface area contributed by atoms with Gasteiger partial charge in [-0.25, -0.2) is 0 Å². The third-order valence-electron chi connectivity index (χ3n) is 1.89. The van der Waals surface area contributed by atoms with Gasteiger partial charge in [-0.1, -0.05) is 12.1 Å². The summed E-state index contributed by atoms with van der Waals surface area (Å²) in [6.07, 6.45) is 1.68. The van der Waals surface area contributed by atoms with E-state index in [4.69, 9.17) is 5.73 Å². The molecule has 0 bridgehead atoms. The van der Waals surface area contributed by atoms with Gasteiger partial charge in [0.25, 0.3) is 0 Å². The van der Waals surface area contributed by atoms with Gasteiger partial charge in [-0.05, 0) is 11.4 Å². The van der Waals surface area contributed by atoms with Gasteiger partial charge < -0.3 is 10.6 Å². The standard InChI is InChI=1S/C10H14N2OS/c1-3-6-12(2)10(13)9(11)8-5-4-7-14-8/h3-5,7,9H,1,6,11H2,2H3. The Hall–Kier alpha value is -1.13. The molecule has 0 fully saturated rings. The zero-order chi connectivity index (χ0) is 10.6. The van der Waals surface area contributed by atoms with Crippen molar-refractivity contribution in [3.63, 3.8) is 0 Å². The Bertz CT molecular complexity index is 308. The fraction of sp³-hybridized carbons (Fsp3) is 0.300. The van der Waals surface area contributed by atoms with Crippen LogP contribution in [0.5, 0.6) is 0 Å². The van der Waals surface area contributed by atoms with Gasteiger partial charge in [0.2, 0.25) is 5.91 Å². The van der Waals surface area contributed by atoms with Crippen molar-refractivity contribution in [2.45, 2.75) is 6.04 Å². The fourth-order valence-corrected chi connectivity index (χ4v) is 1.83. The van der Waals surface area contributed by atoms with Crippen LogP contribution >= 0.6 is 11.3 Å². The molecule has 1 atom stereocenters. The monoisotopic (exact) mass is 210 g/mol. The van der Waals surface area contributed by atoms with Crippen molar-refractivity contribution in [3.8, 4) is 0 Å². The summed E-state index contributed by atoms with van der Waals surface area (Å²) in [6, 6.07) is 3.22. The number of hydrogen-bond acceptors (Lipinski definition) is 3. The maximum absolute atomic E-state index is 11.7. The first-order valence-corrected chi connectivity index (χ1v) is 5.19. The second-order valence-electron chi connectivity index (χ2n) is 3.00. The van der Waals surface area contributed by atoms with Crippen LogP contribution in [0.15, 0.2) is 30.2 Å². The number of likely N-dealkylation sites (N-methyl/N-ethyl adjacent to an activating group) is 1. The number of carbonyl (C=O) groups is 1. The summed E-state index contributed by atoms with van der Waals surface area (Å²) in [6.45, 7) is 4.10. The molecule has 1 amide bonds. The number of nitrogens with zero attached hydrogens (tertiary/aromatic N) is 1. The number of rotatable bonds is 4. The highest BCUT2D eigenvalue weighted by Gasteiger charge is 2.19. The number of amides is 1. The van der Waals surface area contributed by atoms with Gasteiger partial charge in [-0.2, -0.15) is 0 Å². The summed E-state index contributed by atoms with van der Waals surface area (Å²) < 4.78 is 0. The quantitative estimate of drug-likeness (QED) is 0.763. The molecule has 0 saturated heterocycles. The van der Waals surface area contributed by atoms with Gasteiger partial charge in [0, 0.05) is 18.5 Å². The Balaban J connectivity index is 2.65. The average Bonchev–Trinajstić information content (AvgIpc) is 2.68. The normalized spacial score (nSPS) is 12.1. The minimum absolute atomic E-state index is 0.0765. The molecule has 0 aliphatic heterocycles. The van der Waals surface area contributed by atoms with E-state index in [1.165, 1.54) is 11.3 Å². The Morgan fingerprint density at radius 3 is 3.07 bits per heavy atom. The molecule has 4 heteroatoms. The van der Waals surface area contributed by atoms with E-state index in [-0.39, 0.29) is 5.91 Å². The molecule has 0 aromatic carbocycles. The first-order valence-electron chi connectivity index (χ1n) is 4.31. The topological polar surface area (TPSA) is 46.3 Å². The van der Waals surface area contributed by atoms with Gasteiger partial charge in [0.05, 0.1) is 0 Å². The molecule has 1 aromatic heterocycles. The van der Waals surface area contributed by atoms with E-state index in [0.29, 0.717) is 6.54 Å². The molecular formula is C10H14N2OS. The van der Waals surface area contributed by atoms with Crippen molar-refractivity contribution < 1.29 is 4.79 Å². The lowest BCUT2D eigenvalue weighted by Crippen LogP contribution is -2.35. The van der Waals surface area contributed by atoms with Crippen molar-refractivity contribution in [1.29, 1.82) is 0 Å². The predicted molar refractivity (Wildman–Crippen MR) is 59.1 cm³/mol. The van der Waals surface area contributed by atoms with E-state index in [1.807, 2.05) is 17.5 Å². The zero-order valence-corrected chi connectivity index (χ0v) is 8.96. The summed E-state index contributed by atoms with van der Waals surface area (Å²) in [5.41, 5.74) is 5.80. The maximum Gasteiger partial charge on any atom is 0.244 e. The third kappa shape index (κ3) is 2.43. The average molecular weight is 210 g/mol. The molecule has 1 heterocycles. The summed E-state index contributed by atoms with van der Waals surface area (Å²) in [7, 11) is 1.72. The van der Waals surface area contributed by atoms with Crippen molar-refractivity contribution in [2.75, 3.05) is 13.6 Å². The second kappa shape index (κ2) is 4.93. The van der Waals surface area contributed by atoms with Crippen LogP contribution < -0.4 is 5.73 Å². The highest BCUT2D eigenvalue weighted by molar-refractivity contribution is 7.10. The first-order chi connectivity index (χ1) is 6.66. The van der Waals surface area contributed by atoms with E-state index in [0.717, 1.165) is 4.88 Å². The summed E-state index contributed by atoms with van der Waals surface area (Å²) in [4.78, 5) is 14.2. The van der Waals surface area contributed by atoms with Crippen LogP contribution in [0, 0.1) is 0 Å². The van der Waals surface area contributed by atoms with E-state index < -0.39 is 6.04 Å². The smallest absolute Gasteiger partial charge is 0.244 e. The molecule has 1 unspecified atom stereocenters. The summed E-state index contributed by atoms with van der Waals surface area (Å²) in [5, 5.41) is 1.91. The molecule has 14 heavy (non-hydrogen) atoms. The molecule has 0 radical (unpaired) electrons. The molecule has 3 nitrogen and oxygen atoms in total. The molecule has 0 aliphatic rings. The summed E-state index contributed by atoms with van der Waals surface area (Å²) in [5.74, 6) is -0.0765. The number of thiophene rings is 1. The minimum atomic E-state index is -0.542. The van der Waals surface area contributed by atoms with E-state index in [1.54, 1.807) is 18.0 Å². The zero-order valence-electron chi connectivity index (χ0n) is 8.14. The molecular weight excluding hydrogens is 196 g/mol. The Morgan fingerprint density at radius 2 is 2.57 bits per heavy atom. The Kier molecular flexibility index (Phi) is 3.85. The van der Waals surface area contributed by atoms with E-state index in [2.05, 4.69) is 6.58 Å².